The summed E-state index contributed by atoms with van der Waals surface area (Å²) in [6, 6.07) is 13.5. The molecule has 1 aliphatic rings. The fourth-order valence-corrected chi connectivity index (χ4v) is 4.09. The SMILES string of the molecule is C=CCc1cc(C(/C=C(\C)S)=C/C)cc2c1-c1ccccc1C2(C)C. The van der Waals surface area contributed by atoms with Crippen LogP contribution in [0.1, 0.15) is 49.9 Å². The van der Waals surface area contributed by atoms with Gasteiger partial charge < -0.3 is 0 Å². The lowest BCUT2D eigenvalue weighted by Gasteiger charge is -2.23. The Balaban J connectivity index is 2.31. The predicted octanol–water partition coefficient (Wildman–Crippen LogP) is 6.96. The molecular formula is C24H26S. The topological polar surface area (TPSA) is 0 Å². The molecule has 2 aromatic rings. The molecule has 0 radical (unpaired) electrons. The summed E-state index contributed by atoms with van der Waals surface area (Å²) in [5, 5.41) is 0. The lowest BCUT2D eigenvalue weighted by atomic mass is 9.80. The number of fused-ring (bicyclic) bond motifs is 3. The van der Waals surface area contributed by atoms with Crippen molar-refractivity contribution in [3.63, 3.8) is 0 Å². The smallest absolute Gasteiger partial charge is 0.0159 e. The number of hydrogen-bond donors (Lipinski definition) is 1. The molecule has 0 saturated heterocycles. The van der Waals surface area contributed by atoms with Gasteiger partial charge in [0.25, 0.3) is 0 Å². The van der Waals surface area contributed by atoms with Crippen LogP contribution >= 0.6 is 12.6 Å². The summed E-state index contributed by atoms with van der Waals surface area (Å²) in [7, 11) is 0. The molecule has 0 atom stereocenters. The highest BCUT2D eigenvalue weighted by Gasteiger charge is 2.36. The maximum Gasteiger partial charge on any atom is 0.0159 e. The second-order valence-electron chi connectivity index (χ2n) is 7.25. The minimum Gasteiger partial charge on any atom is -0.148 e. The van der Waals surface area contributed by atoms with Gasteiger partial charge in [0.15, 0.2) is 0 Å². The van der Waals surface area contributed by atoms with Crippen LogP contribution in [0.15, 0.2) is 66.1 Å². The molecule has 0 nitrogen and oxygen atoms in total. The van der Waals surface area contributed by atoms with E-state index < -0.39 is 0 Å². The van der Waals surface area contributed by atoms with E-state index in [9.17, 15) is 0 Å². The first kappa shape index (κ1) is 17.8. The zero-order chi connectivity index (χ0) is 18.2. The average molecular weight is 347 g/mol. The summed E-state index contributed by atoms with van der Waals surface area (Å²) in [5.41, 5.74) is 9.42. The zero-order valence-electron chi connectivity index (χ0n) is 15.6. The molecule has 0 saturated carbocycles. The number of thiol groups is 1. The van der Waals surface area contributed by atoms with Crippen LogP contribution in [0.3, 0.4) is 0 Å². The fraction of sp³-hybridized carbons (Fsp3) is 0.250. The molecule has 1 aliphatic carbocycles. The highest BCUT2D eigenvalue weighted by atomic mass is 32.1. The number of benzene rings is 2. The lowest BCUT2D eigenvalue weighted by molar-refractivity contribution is 0.660. The quantitative estimate of drug-likeness (QED) is 0.345. The van der Waals surface area contributed by atoms with Gasteiger partial charge in [-0.2, -0.15) is 0 Å². The van der Waals surface area contributed by atoms with Gasteiger partial charge in [0.2, 0.25) is 0 Å². The van der Waals surface area contributed by atoms with Crippen molar-refractivity contribution in [2.24, 2.45) is 0 Å². The summed E-state index contributed by atoms with van der Waals surface area (Å²) in [6.45, 7) is 12.7. The Morgan fingerprint density at radius 2 is 1.88 bits per heavy atom. The first-order valence-electron chi connectivity index (χ1n) is 8.82. The Labute approximate surface area is 157 Å². The summed E-state index contributed by atoms with van der Waals surface area (Å²) in [4.78, 5) is 1.02. The highest BCUT2D eigenvalue weighted by molar-refractivity contribution is 7.84. The number of hydrogen-bond acceptors (Lipinski definition) is 1. The van der Waals surface area contributed by atoms with Crippen LogP contribution in [0.25, 0.3) is 16.7 Å². The zero-order valence-corrected chi connectivity index (χ0v) is 16.5. The van der Waals surface area contributed by atoms with Gasteiger partial charge in [-0.15, -0.1) is 19.2 Å². The van der Waals surface area contributed by atoms with Crippen molar-refractivity contribution in [2.75, 3.05) is 0 Å². The molecule has 0 fully saturated rings. The van der Waals surface area contributed by atoms with E-state index in [0.717, 1.165) is 11.3 Å². The van der Waals surface area contributed by atoms with Crippen molar-refractivity contribution < 1.29 is 0 Å². The molecule has 1 heteroatoms. The molecule has 0 aliphatic heterocycles. The van der Waals surface area contributed by atoms with Crippen molar-refractivity contribution >= 4 is 18.2 Å². The van der Waals surface area contributed by atoms with E-state index in [1.165, 1.54) is 39.0 Å². The van der Waals surface area contributed by atoms with Gasteiger partial charge in [0.05, 0.1) is 0 Å². The molecular weight excluding hydrogens is 320 g/mol. The van der Waals surface area contributed by atoms with Gasteiger partial charge in [-0.05, 0) is 76.3 Å². The van der Waals surface area contributed by atoms with Crippen molar-refractivity contribution in [3.8, 4) is 11.1 Å². The largest absolute Gasteiger partial charge is 0.148 e. The molecule has 25 heavy (non-hydrogen) atoms. The minimum absolute atomic E-state index is 0.0103. The van der Waals surface area contributed by atoms with Crippen molar-refractivity contribution in [1.82, 2.24) is 0 Å². The minimum atomic E-state index is 0.0103. The lowest BCUT2D eigenvalue weighted by Crippen LogP contribution is -2.15. The van der Waals surface area contributed by atoms with E-state index in [-0.39, 0.29) is 5.41 Å². The fourth-order valence-electron chi connectivity index (χ4n) is 3.95. The Morgan fingerprint density at radius 1 is 1.16 bits per heavy atom. The van der Waals surface area contributed by atoms with Gasteiger partial charge >= 0.3 is 0 Å². The molecule has 3 rings (SSSR count). The second-order valence-corrected chi connectivity index (χ2v) is 7.96. The third-order valence-corrected chi connectivity index (χ3v) is 5.27. The normalized spacial score (nSPS) is 15.7. The third-order valence-electron chi connectivity index (χ3n) is 5.14. The summed E-state index contributed by atoms with van der Waals surface area (Å²) in [5.74, 6) is 0. The highest BCUT2D eigenvalue weighted by Crippen LogP contribution is 2.50. The summed E-state index contributed by atoms with van der Waals surface area (Å²) in [6.07, 6.45) is 7.18. The Morgan fingerprint density at radius 3 is 2.52 bits per heavy atom. The Bertz CT molecular complexity index is 890. The molecule has 0 unspecified atom stereocenters. The summed E-state index contributed by atoms with van der Waals surface area (Å²) >= 11 is 4.47. The van der Waals surface area contributed by atoms with Crippen LogP contribution in [-0.2, 0) is 11.8 Å². The maximum absolute atomic E-state index is 4.47. The Hall–Kier alpha value is -1.99. The van der Waals surface area contributed by atoms with E-state index >= 15 is 0 Å². The molecule has 0 heterocycles. The number of rotatable bonds is 4. The van der Waals surface area contributed by atoms with Crippen molar-refractivity contribution in [1.29, 1.82) is 0 Å². The summed E-state index contributed by atoms with van der Waals surface area (Å²) < 4.78 is 0. The van der Waals surface area contributed by atoms with Gasteiger partial charge in [0.1, 0.15) is 0 Å². The molecule has 128 valence electrons. The van der Waals surface area contributed by atoms with Crippen LogP contribution in [0.4, 0.5) is 0 Å². The van der Waals surface area contributed by atoms with E-state index in [1.54, 1.807) is 0 Å². The predicted molar refractivity (Wildman–Crippen MR) is 114 cm³/mol. The molecule has 2 aromatic carbocycles. The van der Waals surface area contributed by atoms with E-state index in [0.29, 0.717) is 0 Å². The van der Waals surface area contributed by atoms with Crippen LogP contribution < -0.4 is 0 Å². The first-order chi connectivity index (χ1) is 11.9. The third kappa shape index (κ3) is 3.02. The second kappa shape index (κ2) is 6.72. The standard InChI is InChI=1S/C24H26S/c1-6-10-18-14-19(17(7-2)13-16(3)25)15-22-23(18)20-11-8-9-12-21(20)24(22,4)5/h6-9,11-15,25H,1,10H2,2-5H3/b16-13+,17-7+. The van der Waals surface area contributed by atoms with E-state index in [1.807, 2.05) is 13.0 Å². The maximum atomic E-state index is 4.47. The molecule has 0 N–H and O–H groups in total. The molecule has 0 amide bonds. The van der Waals surface area contributed by atoms with Gasteiger partial charge in [0, 0.05) is 5.41 Å². The van der Waals surface area contributed by atoms with Crippen LogP contribution in [0, 0.1) is 0 Å². The monoisotopic (exact) mass is 346 g/mol. The molecule has 0 bridgehead atoms. The van der Waals surface area contributed by atoms with Gasteiger partial charge in [-0.3, -0.25) is 0 Å². The Kier molecular flexibility index (Phi) is 4.79. The van der Waals surface area contributed by atoms with Crippen molar-refractivity contribution in [3.05, 3.63) is 88.4 Å². The first-order valence-corrected chi connectivity index (χ1v) is 9.27. The van der Waals surface area contributed by atoms with Crippen LogP contribution in [0.2, 0.25) is 0 Å². The van der Waals surface area contributed by atoms with Crippen LogP contribution in [-0.4, -0.2) is 0 Å². The average Bonchev–Trinajstić information content (AvgIpc) is 2.81. The molecule has 0 aromatic heterocycles. The van der Waals surface area contributed by atoms with Gasteiger partial charge in [-0.1, -0.05) is 56.3 Å². The van der Waals surface area contributed by atoms with Crippen LogP contribution in [0.5, 0.6) is 0 Å². The van der Waals surface area contributed by atoms with E-state index in [2.05, 4.69) is 88.5 Å². The molecule has 0 spiro atoms. The van der Waals surface area contributed by atoms with Crippen molar-refractivity contribution in [2.45, 2.75) is 39.5 Å². The van der Waals surface area contributed by atoms with Gasteiger partial charge in [-0.25, -0.2) is 0 Å². The van der Waals surface area contributed by atoms with E-state index in [4.69, 9.17) is 0 Å². The number of allylic oxidation sites excluding steroid dienone is 5.